The Balaban J connectivity index is 1.47. The summed E-state index contributed by atoms with van der Waals surface area (Å²) in [4.78, 5) is 12.5. The minimum Gasteiger partial charge on any atom is -0.490 e. The van der Waals surface area contributed by atoms with E-state index in [0.717, 1.165) is 31.7 Å². The number of rotatable bonds is 8. The first-order chi connectivity index (χ1) is 17.8. The summed E-state index contributed by atoms with van der Waals surface area (Å²) in [6.07, 6.45) is 5.69. The van der Waals surface area contributed by atoms with Crippen LogP contribution in [0, 0.1) is 29.2 Å². The molecule has 0 heterocycles. The van der Waals surface area contributed by atoms with Crippen LogP contribution in [0.5, 0.6) is 11.5 Å². The van der Waals surface area contributed by atoms with Gasteiger partial charge >= 0.3 is 5.97 Å². The van der Waals surface area contributed by atoms with Crippen molar-refractivity contribution in [3.05, 3.63) is 95.6 Å². The fourth-order valence-electron chi connectivity index (χ4n) is 4.57. The molecular weight excluding hydrogens is 484 g/mol. The van der Waals surface area contributed by atoms with E-state index in [-0.39, 0.29) is 29.4 Å². The Bertz CT molecular complexity index is 1280. The van der Waals surface area contributed by atoms with E-state index in [4.69, 9.17) is 9.47 Å². The lowest BCUT2D eigenvalue weighted by molar-refractivity contribution is 0.0726. The molecule has 1 fully saturated rings. The number of ether oxygens (including phenoxy) is 2. The highest BCUT2D eigenvalue weighted by atomic mass is 19.2. The van der Waals surface area contributed by atoms with E-state index < -0.39 is 35.0 Å². The van der Waals surface area contributed by atoms with Gasteiger partial charge in [-0.25, -0.2) is 13.6 Å². The lowest BCUT2D eigenvalue weighted by atomic mass is 9.79. The van der Waals surface area contributed by atoms with Crippen LogP contribution in [0.25, 0.3) is 11.1 Å². The van der Waals surface area contributed by atoms with E-state index in [1.165, 1.54) is 30.3 Å². The maximum absolute atomic E-state index is 15.0. The molecule has 0 bridgehead atoms. The van der Waals surface area contributed by atoms with Crippen molar-refractivity contribution >= 4 is 5.97 Å². The first-order valence-corrected chi connectivity index (χ1v) is 12.3. The molecule has 3 aromatic carbocycles. The molecule has 0 aromatic heterocycles. The topological polar surface area (TPSA) is 35.5 Å². The fraction of sp³-hybridized carbons (Fsp3) is 0.300. The largest absolute Gasteiger partial charge is 0.490 e. The Morgan fingerprint density at radius 1 is 0.865 bits per heavy atom. The van der Waals surface area contributed by atoms with Gasteiger partial charge in [0, 0.05) is 5.56 Å². The van der Waals surface area contributed by atoms with Crippen molar-refractivity contribution in [1.82, 2.24) is 0 Å². The van der Waals surface area contributed by atoms with Crippen molar-refractivity contribution in [2.24, 2.45) is 5.92 Å². The molecule has 194 valence electrons. The van der Waals surface area contributed by atoms with Crippen LogP contribution >= 0.6 is 0 Å². The van der Waals surface area contributed by atoms with Crippen molar-refractivity contribution in [2.75, 3.05) is 6.61 Å². The van der Waals surface area contributed by atoms with Gasteiger partial charge in [-0.05, 0) is 66.5 Å². The van der Waals surface area contributed by atoms with E-state index in [0.29, 0.717) is 23.5 Å². The Labute approximate surface area is 213 Å². The van der Waals surface area contributed by atoms with Crippen molar-refractivity contribution in [3.63, 3.8) is 0 Å². The number of benzene rings is 3. The molecule has 0 spiro atoms. The van der Waals surface area contributed by atoms with Gasteiger partial charge in [0.1, 0.15) is 0 Å². The van der Waals surface area contributed by atoms with Crippen LogP contribution in [-0.2, 0) is 0 Å². The van der Waals surface area contributed by atoms with Crippen LogP contribution < -0.4 is 9.47 Å². The summed E-state index contributed by atoms with van der Waals surface area (Å²) < 4.78 is 68.7. The van der Waals surface area contributed by atoms with E-state index in [2.05, 4.69) is 13.5 Å². The summed E-state index contributed by atoms with van der Waals surface area (Å²) in [6.45, 7) is 5.81. The second-order valence-corrected chi connectivity index (χ2v) is 9.37. The molecule has 0 amide bonds. The average Bonchev–Trinajstić information content (AvgIpc) is 2.90. The molecule has 7 heteroatoms. The predicted octanol–water partition coefficient (Wildman–Crippen LogP) is 8.38. The van der Waals surface area contributed by atoms with Gasteiger partial charge in [0.25, 0.3) is 0 Å². The Kier molecular flexibility index (Phi) is 8.31. The second kappa shape index (κ2) is 11.6. The molecule has 0 unspecified atom stereocenters. The highest BCUT2D eigenvalue weighted by molar-refractivity contribution is 5.91. The van der Waals surface area contributed by atoms with Crippen molar-refractivity contribution in [1.29, 1.82) is 0 Å². The van der Waals surface area contributed by atoms with E-state index in [9.17, 15) is 22.4 Å². The van der Waals surface area contributed by atoms with Gasteiger partial charge in [-0.1, -0.05) is 50.1 Å². The van der Waals surface area contributed by atoms with E-state index in [1.807, 2.05) is 0 Å². The van der Waals surface area contributed by atoms with Gasteiger partial charge in [0.05, 0.1) is 12.2 Å². The first kappa shape index (κ1) is 26.5. The summed E-state index contributed by atoms with van der Waals surface area (Å²) in [6, 6.07) is 11.1. The molecule has 3 nitrogen and oxygen atoms in total. The van der Waals surface area contributed by atoms with Crippen molar-refractivity contribution in [3.8, 4) is 22.6 Å². The van der Waals surface area contributed by atoms with Crippen LogP contribution in [0.4, 0.5) is 17.6 Å². The van der Waals surface area contributed by atoms with Crippen LogP contribution in [0.3, 0.4) is 0 Å². The monoisotopic (exact) mass is 512 g/mol. The predicted molar refractivity (Wildman–Crippen MR) is 134 cm³/mol. The molecule has 1 aliphatic carbocycles. The standard InChI is InChI=1S/C30H28F4O3/c1-3-4-17-36-24-15-16-25(29(34)28(24)33)37-30(35)21-11-9-20(10-12-21)23-14-13-22(26(31)27(23)32)19-7-5-18(2)6-8-19/h3,9-16,18-19H,1,4-8,17H2,2H3. The normalized spacial score (nSPS) is 17.3. The summed E-state index contributed by atoms with van der Waals surface area (Å²) in [5, 5.41) is 0. The third-order valence-electron chi connectivity index (χ3n) is 6.79. The van der Waals surface area contributed by atoms with Crippen molar-refractivity contribution in [2.45, 2.75) is 44.9 Å². The zero-order valence-corrected chi connectivity index (χ0v) is 20.5. The summed E-state index contributed by atoms with van der Waals surface area (Å²) in [7, 11) is 0. The number of carbonyl (C=O) groups excluding carboxylic acids is 1. The molecule has 1 saturated carbocycles. The van der Waals surface area contributed by atoms with Crippen molar-refractivity contribution < 1.29 is 31.8 Å². The van der Waals surface area contributed by atoms with Gasteiger partial charge in [-0.2, -0.15) is 8.78 Å². The van der Waals surface area contributed by atoms with Crippen LogP contribution in [0.1, 0.15) is 60.9 Å². The lowest BCUT2D eigenvalue weighted by Crippen LogP contribution is -2.13. The molecule has 0 aliphatic heterocycles. The van der Waals surface area contributed by atoms with Gasteiger partial charge in [0.15, 0.2) is 23.1 Å². The van der Waals surface area contributed by atoms with Crippen LogP contribution in [0.15, 0.2) is 61.2 Å². The highest BCUT2D eigenvalue weighted by Crippen LogP contribution is 2.38. The average molecular weight is 513 g/mol. The zero-order chi connectivity index (χ0) is 26.5. The van der Waals surface area contributed by atoms with E-state index >= 15 is 0 Å². The highest BCUT2D eigenvalue weighted by Gasteiger charge is 2.25. The Morgan fingerprint density at radius 2 is 1.51 bits per heavy atom. The lowest BCUT2D eigenvalue weighted by Gasteiger charge is -2.27. The number of carbonyl (C=O) groups is 1. The molecule has 0 radical (unpaired) electrons. The van der Waals surface area contributed by atoms with E-state index in [1.54, 1.807) is 18.2 Å². The molecule has 0 atom stereocenters. The van der Waals surface area contributed by atoms with Gasteiger partial charge < -0.3 is 9.47 Å². The number of hydrogen-bond donors (Lipinski definition) is 0. The molecule has 1 aliphatic rings. The molecule has 3 aromatic rings. The SMILES string of the molecule is C=CCCOc1ccc(OC(=O)c2ccc(-c3ccc(C4CCC(C)CC4)c(F)c3F)cc2)c(F)c1F. The van der Waals surface area contributed by atoms with Crippen LogP contribution in [-0.4, -0.2) is 12.6 Å². The summed E-state index contributed by atoms with van der Waals surface area (Å²) >= 11 is 0. The quantitative estimate of drug-likeness (QED) is 0.1000. The van der Waals surface area contributed by atoms with Crippen LogP contribution in [0.2, 0.25) is 0 Å². The Hall–Kier alpha value is -3.61. The third-order valence-corrected chi connectivity index (χ3v) is 6.79. The Morgan fingerprint density at radius 3 is 2.19 bits per heavy atom. The maximum Gasteiger partial charge on any atom is 0.343 e. The minimum absolute atomic E-state index is 0.00917. The van der Waals surface area contributed by atoms with Gasteiger partial charge in [0.2, 0.25) is 11.6 Å². The molecular formula is C30H28F4O3. The molecule has 0 N–H and O–H groups in total. The minimum atomic E-state index is -1.36. The molecule has 4 rings (SSSR count). The number of halogens is 4. The van der Waals surface area contributed by atoms with Gasteiger partial charge in [-0.3, -0.25) is 0 Å². The fourth-order valence-corrected chi connectivity index (χ4v) is 4.57. The summed E-state index contributed by atoms with van der Waals surface area (Å²) in [5.74, 6) is -5.61. The summed E-state index contributed by atoms with van der Waals surface area (Å²) in [5.41, 5.74) is 0.879. The first-order valence-electron chi connectivity index (χ1n) is 12.3. The molecule has 0 saturated heterocycles. The molecule has 37 heavy (non-hydrogen) atoms. The van der Waals surface area contributed by atoms with Gasteiger partial charge in [-0.15, -0.1) is 6.58 Å². The maximum atomic E-state index is 15.0. The zero-order valence-electron chi connectivity index (χ0n) is 20.5. The second-order valence-electron chi connectivity index (χ2n) is 9.37. The number of esters is 1. The smallest absolute Gasteiger partial charge is 0.343 e. The number of hydrogen-bond acceptors (Lipinski definition) is 3. The third kappa shape index (κ3) is 5.87.